The molecule has 0 radical (unpaired) electrons. The second kappa shape index (κ2) is 7.72. The van der Waals surface area contributed by atoms with Crippen LogP contribution in [0.2, 0.25) is 5.02 Å². The number of benzene rings is 2. The van der Waals surface area contributed by atoms with E-state index >= 15 is 0 Å². The van der Waals surface area contributed by atoms with E-state index in [0.29, 0.717) is 16.3 Å². The fourth-order valence-corrected chi connectivity index (χ4v) is 3.13. The molecule has 9 heteroatoms. The van der Waals surface area contributed by atoms with Crippen LogP contribution in [0.1, 0.15) is 27.2 Å². The minimum absolute atomic E-state index is 0.0767. The lowest BCUT2D eigenvalue weighted by Crippen LogP contribution is -2.32. The van der Waals surface area contributed by atoms with Crippen molar-refractivity contribution in [1.29, 1.82) is 0 Å². The number of H-pyrrole nitrogens is 1. The summed E-state index contributed by atoms with van der Waals surface area (Å²) in [5, 5.41) is 3.37. The van der Waals surface area contributed by atoms with Crippen molar-refractivity contribution in [2.75, 3.05) is 4.90 Å². The van der Waals surface area contributed by atoms with Gasteiger partial charge in [-0.2, -0.15) is 9.50 Å². The first-order valence-electron chi connectivity index (χ1n) is 9.12. The number of halogens is 2. The monoisotopic (exact) mass is 425 g/mol. The predicted octanol–water partition coefficient (Wildman–Crippen LogP) is 3.67. The minimum atomic E-state index is -0.651. The molecule has 0 saturated heterocycles. The molecule has 0 fully saturated rings. The molecule has 0 aliphatic rings. The lowest BCUT2D eigenvalue weighted by Gasteiger charge is -2.20. The van der Waals surface area contributed by atoms with Gasteiger partial charge in [0.1, 0.15) is 5.82 Å². The highest BCUT2D eigenvalue weighted by molar-refractivity contribution is 6.30. The first kappa shape index (κ1) is 19.8. The van der Waals surface area contributed by atoms with Gasteiger partial charge in [0.15, 0.2) is 0 Å². The quantitative estimate of drug-likeness (QED) is 0.540. The Labute approximate surface area is 175 Å². The Balaban J connectivity index is 1.84. The normalized spacial score (nSPS) is 11.1. The summed E-state index contributed by atoms with van der Waals surface area (Å²) in [7, 11) is 0. The van der Waals surface area contributed by atoms with E-state index in [2.05, 4.69) is 15.1 Å². The summed E-state index contributed by atoms with van der Waals surface area (Å²) in [6, 6.07) is 12.6. The Morgan fingerprint density at radius 3 is 2.53 bits per heavy atom. The van der Waals surface area contributed by atoms with Crippen molar-refractivity contribution in [2.24, 2.45) is 0 Å². The zero-order chi connectivity index (χ0) is 21.4. The molecule has 0 aliphatic heterocycles. The molecule has 7 nitrogen and oxygen atoms in total. The molecule has 0 unspecified atom stereocenters. The molecular formula is C21H17ClFN5O2. The molecular weight excluding hydrogens is 409 g/mol. The number of aryl methyl sites for hydroxylation is 1. The maximum absolute atomic E-state index is 14.3. The lowest BCUT2D eigenvalue weighted by atomic mass is 10.1. The molecule has 30 heavy (non-hydrogen) atoms. The highest BCUT2D eigenvalue weighted by atomic mass is 35.5. The van der Waals surface area contributed by atoms with Crippen molar-refractivity contribution in [1.82, 2.24) is 19.6 Å². The number of aromatic amines is 1. The van der Waals surface area contributed by atoms with Gasteiger partial charge in [0.05, 0.1) is 12.1 Å². The van der Waals surface area contributed by atoms with Gasteiger partial charge in [0.2, 0.25) is 5.95 Å². The van der Waals surface area contributed by atoms with Crippen molar-refractivity contribution in [3.8, 4) is 0 Å². The average molecular weight is 426 g/mol. The molecule has 0 atom stereocenters. The van der Waals surface area contributed by atoms with Gasteiger partial charge in [-0.15, -0.1) is 0 Å². The fourth-order valence-electron chi connectivity index (χ4n) is 3.01. The van der Waals surface area contributed by atoms with Crippen LogP contribution < -0.4 is 10.5 Å². The Kier molecular flexibility index (Phi) is 5.09. The number of carbonyl (C=O) groups excluding carboxylic acids is 1. The molecule has 2 aromatic carbocycles. The van der Waals surface area contributed by atoms with E-state index in [-0.39, 0.29) is 29.4 Å². The van der Waals surface area contributed by atoms with Crippen molar-refractivity contribution in [2.45, 2.75) is 20.4 Å². The number of fused-ring (bicyclic) bond motifs is 1. The molecule has 152 valence electrons. The van der Waals surface area contributed by atoms with Crippen LogP contribution in [0.15, 0.2) is 53.3 Å². The van der Waals surface area contributed by atoms with E-state index in [9.17, 15) is 14.0 Å². The number of nitrogens with one attached hydrogen (secondary N) is 1. The zero-order valence-corrected chi connectivity index (χ0v) is 16.9. The Hall–Kier alpha value is -3.52. The number of amides is 1. The standard InChI is InChI=1S/C21H17ClFN5O2/c1-12-13(2)24-20-25-21(26-28(20)18(12)29)27(11-14-7-9-15(22)10-8-14)19(30)16-5-3-4-6-17(16)23/h3-10H,11H2,1-2H3,(H,24,25,26). The van der Waals surface area contributed by atoms with Gasteiger partial charge in [-0.3, -0.25) is 19.6 Å². The molecule has 0 bridgehead atoms. The van der Waals surface area contributed by atoms with Crippen LogP contribution in [0, 0.1) is 19.7 Å². The Bertz CT molecular complexity index is 1310. The highest BCUT2D eigenvalue weighted by Crippen LogP contribution is 2.20. The van der Waals surface area contributed by atoms with Crippen LogP contribution in [-0.4, -0.2) is 25.5 Å². The minimum Gasteiger partial charge on any atom is -0.272 e. The zero-order valence-electron chi connectivity index (χ0n) is 16.2. The van der Waals surface area contributed by atoms with Crippen LogP contribution in [0.4, 0.5) is 10.3 Å². The van der Waals surface area contributed by atoms with Gasteiger partial charge in [-0.1, -0.05) is 35.9 Å². The summed E-state index contributed by atoms with van der Waals surface area (Å²) in [4.78, 5) is 35.7. The van der Waals surface area contributed by atoms with E-state index in [1.54, 1.807) is 44.2 Å². The third kappa shape index (κ3) is 3.57. The summed E-state index contributed by atoms with van der Waals surface area (Å²) < 4.78 is 15.5. The van der Waals surface area contributed by atoms with Gasteiger partial charge in [0.25, 0.3) is 17.2 Å². The molecule has 0 spiro atoms. The molecule has 0 saturated carbocycles. The highest BCUT2D eigenvalue weighted by Gasteiger charge is 2.24. The van der Waals surface area contributed by atoms with Crippen molar-refractivity contribution < 1.29 is 9.18 Å². The molecule has 2 heterocycles. The van der Waals surface area contributed by atoms with E-state index < -0.39 is 11.7 Å². The number of hydrogen-bond donors (Lipinski definition) is 1. The lowest BCUT2D eigenvalue weighted by molar-refractivity contribution is 0.0979. The predicted molar refractivity (Wildman–Crippen MR) is 111 cm³/mol. The molecule has 2 aromatic heterocycles. The Morgan fingerprint density at radius 2 is 1.83 bits per heavy atom. The van der Waals surface area contributed by atoms with Crippen molar-refractivity contribution in [3.63, 3.8) is 0 Å². The van der Waals surface area contributed by atoms with Crippen LogP contribution >= 0.6 is 11.6 Å². The number of rotatable bonds is 4. The molecule has 1 N–H and O–H groups in total. The summed E-state index contributed by atoms with van der Waals surface area (Å²) in [6.45, 7) is 3.45. The van der Waals surface area contributed by atoms with E-state index in [4.69, 9.17) is 11.6 Å². The van der Waals surface area contributed by atoms with Crippen LogP contribution in [0.3, 0.4) is 0 Å². The van der Waals surface area contributed by atoms with E-state index in [1.165, 1.54) is 27.6 Å². The number of carbonyl (C=O) groups is 1. The number of anilines is 1. The van der Waals surface area contributed by atoms with Crippen molar-refractivity contribution >= 4 is 29.2 Å². The molecule has 1 amide bonds. The smallest absolute Gasteiger partial charge is 0.272 e. The average Bonchev–Trinajstić information content (AvgIpc) is 3.15. The summed E-state index contributed by atoms with van der Waals surface area (Å²) >= 11 is 5.95. The maximum Gasteiger partial charge on any atom is 0.277 e. The van der Waals surface area contributed by atoms with E-state index in [1.807, 2.05) is 0 Å². The van der Waals surface area contributed by atoms with Gasteiger partial charge in [0, 0.05) is 16.3 Å². The number of nitrogens with zero attached hydrogens (tertiary/aromatic N) is 4. The van der Waals surface area contributed by atoms with Crippen molar-refractivity contribution in [3.05, 3.63) is 92.1 Å². The van der Waals surface area contributed by atoms with Gasteiger partial charge < -0.3 is 0 Å². The second-order valence-electron chi connectivity index (χ2n) is 6.81. The summed E-state index contributed by atoms with van der Waals surface area (Å²) in [6.07, 6.45) is 0. The molecule has 0 aliphatic carbocycles. The molecule has 4 rings (SSSR count). The summed E-state index contributed by atoms with van der Waals surface area (Å²) in [5.41, 5.74) is 1.33. The largest absolute Gasteiger partial charge is 0.277 e. The SMILES string of the molecule is Cc1nc2nc(N(Cc3ccc(Cl)cc3)C(=O)c3ccccc3F)[nH]n2c(=O)c1C. The summed E-state index contributed by atoms with van der Waals surface area (Å²) in [5.74, 6) is -1.06. The molecule has 4 aromatic rings. The third-order valence-electron chi connectivity index (χ3n) is 4.81. The topological polar surface area (TPSA) is 83.4 Å². The second-order valence-corrected chi connectivity index (χ2v) is 7.24. The van der Waals surface area contributed by atoms with Crippen LogP contribution in [0.5, 0.6) is 0 Å². The van der Waals surface area contributed by atoms with Gasteiger partial charge in [-0.25, -0.2) is 9.37 Å². The van der Waals surface area contributed by atoms with Gasteiger partial charge in [-0.05, 0) is 43.7 Å². The first-order chi connectivity index (χ1) is 14.3. The third-order valence-corrected chi connectivity index (χ3v) is 5.06. The number of aromatic nitrogens is 4. The Morgan fingerprint density at radius 1 is 1.13 bits per heavy atom. The van der Waals surface area contributed by atoms with Crippen LogP contribution in [-0.2, 0) is 6.54 Å². The van der Waals surface area contributed by atoms with E-state index in [0.717, 1.165) is 5.56 Å². The van der Waals surface area contributed by atoms with Crippen LogP contribution in [0.25, 0.3) is 5.78 Å². The number of hydrogen-bond acceptors (Lipinski definition) is 4. The first-order valence-corrected chi connectivity index (χ1v) is 9.50. The fraction of sp³-hybridized carbons (Fsp3) is 0.143. The van der Waals surface area contributed by atoms with Gasteiger partial charge >= 0.3 is 0 Å². The maximum atomic E-state index is 14.3.